The third-order valence-electron chi connectivity index (χ3n) is 3.78. The van der Waals surface area contributed by atoms with E-state index in [0.29, 0.717) is 15.6 Å². The van der Waals surface area contributed by atoms with Crippen molar-refractivity contribution >= 4 is 48.8 Å². The Morgan fingerprint density at radius 3 is 2.16 bits per heavy atom. The molecule has 6 heteroatoms. The maximum Gasteiger partial charge on any atom is 0.345 e. The summed E-state index contributed by atoms with van der Waals surface area (Å²) < 4.78 is 27.9. The monoisotopic (exact) mass is 376 g/mol. The fraction of sp³-hybridized carbons (Fsp3) is 0.105. The summed E-state index contributed by atoms with van der Waals surface area (Å²) in [5, 5.41) is 12.3. The van der Waals surface area contributed by atoms with Crippen LogP contribution in [0.3, 0.4) is 0 Å². The first-order valence-corrected chi connectivity index (χ1v) is 9.12. The van der Waals surface area contributed by atoms with E-state index >= 15 is 0 Å². The molecule has 0 aliphatic carbocycles. The molecule has 2 heterocycles. The van der Waals surface area contributed by atoms with Crippen LogP contribution in [0.5, 0.6) is 0 Å². The molecule has 0 unspecified atom stereocenters. The Labute approximate surface area is 151 Å². The van der Waals surface area contributed by atoms with Crippen LogP contribution in [-0.4, -0.2) is 11.1 Å². The Balaban J connectivity index is 0.000000150. The normalized spacial score (nSPS) is 10.7. The van der Waals surface area contributed by atoms with Crippen molar-refractivity contribution in [3.63, 3.8) is 0 Å². The number of carboxylic acid groups (broad SMARTS) is 1. The zero-order chi connectivity index (χ0) is 18.1. The van der Waals surface area contributed by atoms with E-state index in [1.165, 1.54) is 17.4 Å². The van der Waals surface area contributed by atoms with E-state index in [9.17, 15) is 13.6 Å². The largest absolute Gasteiger partial charge is 0.477 e. The number of rotatable bonds is 1. The first-order valence-electron chi connectivity index (χ1n) is 7.42. The minimum atomic E-state index is -1.01. The quantitative estimate of drug-likeness (QED) is 0.417. The van der Waals surface area contributed by atoms with Crippen molar-refractivity contribution in [1.29, 1.82) is 0 Å². The molecule has 0 fully saturated rings. The first kappa shape index (κ1) is 17.5. The van der Waals surface area contributed by atoms with Crippen molar-refractivity contribution in [2.75, 3.05) is 0 Å². The predicted octanol–water partition coefficient (Wildman–Crippen LogP) is 6.40. The van der Waals surface area contributed by atoms with Gasteiger partial charge in [0.05, 0.1) is 9.40 Å². The lowest BCUT2D eigenvalue weighted by Crippen LogP contribution is -1.89. The number of carbonyl (C=O) groups is 1. The molecule has 4 rings (SSSR count). The van der Waals surface area contributed by atoms with Gasteiger partial charge in [-0.1, -0.05) is 24.3 Å². The lowest BCUT2D eigenvalue weighted by atomic mass is 10.2. The number of hydrogen-bond acceptors (Lipinski definition) is 3. The minimum Gasteiger partial charge on any atom is -0.477 e. The van der Waals surface area contributed by atoms with Crippen LogP contribution in [0.2, 0.25) is 0 Å². The van der Waals surface area contributed by atoms with Crippen molar-refractivity contribution in [2.24, 2.45) is 0 Å². The van der Waals surface area contributed by atoms with E-state index in [1.54, 1.807) is 26.0 Å². The molecule has 0 bridgehead atoms. The number of thiophene rings is 2. The number of carboxylic acids is 1. The van der Waals surface area contributed by atoms with Crippen molar-refractivity contribution in [2.45, 2.75) is 13.8 Å². The Morgan fingerprint density at radius 1 is 0.920 bits per heavy atom. The third-order valence-corrected chi connectivity index (χ3v) is 5.84. The Bertz CT molecular complexity index is 1080. The SMILES string of the molecule is Cc1ccc2cc(C(=O)O)sc2c1F.Cc1ccc2ccsc2c1F. The summed E-state index contributed by atoms with van der Waals surface area (Å²) in [6.07, 6.45) is 0. The summed E-state index contributed by atoms with van der Waals surface area (Å²) in [6, 6.07) is 10.6. The van der Waals surface area contributed by atoms with Gasteiger partial charge in [0.1, 0.15) is 16.5 Å². The van der Waals surface area contributed by atoms with E-state index < -0.39 is 5.97 Å². The van der Waals surface area contributed by atoms with Crippen molar-refractivity contribution in [3.8, 4) is 0 Å². The number of hydrogen-bond donors (Lipinski definition) is 1. The summed E-state index contributed by atoms with van der Waals surface area (Å²) in [5.41, 5.74) is 1.26. The van der Waals surface area contributed by atoms with Crippen LogP contribution in [0, 0.1) is 25.5 Å². The zero-order valence-corrected chi connectivity index (χ0v) is 15.1. The highest BCUT2D eigenvalue weighted by molar-refractivity contribution is 7.20. The highest BCUT2D eigenvalue weighted by Gasteiger charge is 2.12. The van der Waals surface area contributed by atoms with Gasteiger partial charge in [-0.3, -0.25) is 0 Å². The van der Waals surface area contributed by atoms with E-state index in [2.05, 4.69) is 0 Å². The number of halogens is 2. The van der Waals surface area contributed by atoms with E-state index in [4.69, 9.17) is 5.11 Å². The topological polar surface area (TPSA) is 37.3 Å². The molecule has 2 aromatic heterocycles. The summed E-state index contributed by atoms with van der Waals surface area (Å²) in [4.78, 5) is 10.8. The summed E-state index contributed by atoms with van der Waals surface area (Å²) in [6.45, 7) is 3.45. The molecule has 0 saturated carbocycles. The van der Waals surface area contributed by atoms with Crippen LogP contribution in [0.25, 0.3) is 20.2 Å². The van der Waals surface area contributed by atoms with Gasteiger partial charge in [-0.2, -0.15) is 0 Å². The van der Waals surface area contributed by atoms with Crippen LogP contribution >= 0.6 is 22.7 Å². The maximum atomic E-state index is 13.5. The van der Waals surface area contributed by atoms with E-state index in [1.807, 2.05) is 23.6 Å². The van der Waals surface area contributed by atoms with Crippen molar-refractivity contribution in [1.82, 2.24) is 0 Å². The number of benzene rings is 2. The summed E-state index contributed by atoms with van der Waals surface area (Å²) >= 11 is 2.42. The fourth-order valence-corrected chi connectivity index (χ4v) is 4.24. The molecule has 2 nitrogen and oxygen atoms in total. The smallest absolute Gasteiger partial charge is 0.345 e. The molecular weight excluding hydrogens is 362 g/mol. The predicted molar refractivity (Wildman–Crippen MR) is 100.0 cm³/mol. The summed E-state index contributed by atoms with van der Waals surface area (Å²) in [5.74, 6) is -1.40. The van der Waals surface area contributed by atoms with Gasteiger partial charge in [0.25, 0.3) is 0 Å². The molecule has 128 valence electrons. The standard InChI is InChI=1S/C10H7FO2S.C9H7FS/c1-5-2-3-6-4-7(10(12)13)14-9(6)8(5)11;1-6-2-3-7-4-5-11-9(7)8(6)10/h2-4H,1H3,(H,12,13);2-5H,1H3. The molecule has 0 aliphatic rings. The second-order valence-corrected chi connectivity index (χ2v) is 7.53. The maximum absolute atomic E-state index is 13.5. The number of fused-ring (bicyclic) bond motifs is 2. The molecule has 2 aromatic carbocycles. The minimum absolute atomic E-state index is 0.0718. The Kier molecular flexibility index (Phi) is 4.83. The van der Waals surface area contributed by atoms with Gasteiger partial charge in [-0.25, -0.2) is 13.6 Å². The molecule has 0 saturated heterocycles. The van der Waals surface area contributed by atoms with Crippen LogP contribution in [0.15, 0.2) is 41.8 Å². The average Bonchev–Trinajstić information content (AvgIpc) is 3.22. The number of aryl methyl sites for hydroxylation is 2. The molecule has 0 radical (unpaired) electrons. The second-order valence-electron chi connectivity index (χ2n) is 5.57. The lowest BCUT2D eigenvalue weighted by molar-refractivity contribution is 0.0702. The van der Waals surface area contributed by atoms with Crippen LogP contribution < -0.4 is 0 Å². The molecule has 0 spiro atoms. The van der Waals surface area contributed by atoms with Crippen LogP contribution in [0.1, 0.15) is 20.8 Å². The van der Waals surface area contributed by atoms with Crippen molar-refractivity contribution < 1.29 is 18.7 Å². The highest BCUT2D eigenvalue weighted by Crippen LogP contribution is 2.29. The average molecular weight is 376 g/mol. The molecule has 0 amide bonds. The fourth-order valence-electron chi connectivity index (χ4n) is 2.37. The van der Waals surface area contributed by atoms with Gasteiger partial charge in [0, 0.05) is 0 Å². The Hall–Kier alpha value is -2.31. The first-order chi connectivity index (χ1) is 11.9. The highest BCUT2D eigenvalue weighted by atomic mass is 32.1. The van der Waals surface area contributed by atoms with Gasteiger partial charge in [-0.05, 0) is 53.3 Å². The summed E-state index contributed by atoms with van der Waals surface area (Å²) in [7, 11) is 0. The molecule has 25 heavy (non-hydrogen) atoms. The number of aromatic carboxylic acids is 1. The molecule has 4 aromatic rings. The van der Waals surface area contributed by atoms with Gasteiger partial charge >= 0.3 is 5.97 Å². The Morgan fingerprint density at radius 2 is 1.52 bits per heavy atom. The lowest BCUT2D eigenvalue weighted by Gasteiger charge is -1.95. The van der Waals surface area contributed by atoms with Gasteiger partial charge in [-0.15, -0.1) is 22.7 Å². The van der Waals surface area contributed by atoms with Crippen LogP contribution in [0.4, 0.5) is 8.78 Å². The van der Waals surface area contributed by atoms with Gasteiger partial charge < -0.3 is 5.11 Å². The second kappa shape index (κ2) is 6.90. The molecule has 1 N–H and O–H groups in total. The van der Waals surface area contributed by atoms with E-state index in [-0.39, 0.29) is 16.5 Å². The van der Waals surface area contributed by atoms with Gasteiger partial charge in [0.2, 0.25) is 0 Å². The molecular formula is C19H14F2O2S2. The molecule has 0 atom stereocenters. The van der Waals surface area contributed by atoms with E-state index in [0.717, 1.165) is 27.0 Å². The van der Waals surface area contributed by atoms with Crippen molar-refractivity contribution in [3.05, 3.63) is 69.4 Å². The van der Waals surface area contributed by atoms with Crippen LogP contribution in [-0.2, 0) is 0 Å². The third kappa shape index (κ3) is 3.41. The zero-order valence-electron chi connectivity index (χ0n) is 13.5. The molecule has 0 aliphatic heterocycles. The van der Waals surface area contributed by atoms with Gasteiger partial charge in [0.15, 0.2) is 0 Å².